The third-order valence-corrected chi connectivity index (χ3v) is 2.06. The smallest absolute Gasteiger partial charge is 0.118 e. The van der Waals surface area contributed by atoms with Crippen LogP contribution in [0.1, 0.15) is 5.56 Å². The molecule has 0 radical (unpaired) electrons. The predicted molar refractivity (Wildman–Crippen MR) is 56.7 cm³/mol. The maximum Gasteiger partial charge on any atom is 0.118 e. The summed E-state index contributed by atoms with van der Waals surface area (Å²) in [4.78, 5) is 2.68. The van der Waals surface area contributed by atoms with E-state index in [-0.39, 0.29) is 6.61 Å². The predicted octanol–water partition coefficient (Wildman–Crippen LogP) is 1.91. The molecular weight excluding hydrogens is 194 g/mol. The zero-order chi connectivity index (χ0) is 11.1. The maximum atomic E-state index is 8.93. The summed E-state index contributed by atoms with van der Waals surface area (Å²) in [5, 5.41) is 12.4. The number of ether oxygens (including phenoxy) is 1. The van der Waals surface area contributed by atoms with Gasteiger partial charge in [-0.3, -0.25) is 0 Å². The van der Waals surface area contributed by atoms with Crippen molar-refractivity contribution < 1.29 is 9.84 Å². The number of hydrogen-bond acceptors (Lipinski definition) is 3. The Balaban J connectivity index is 2.66. The van der Waals surface area contributed by atoms with Gasteiger partial charge >= 0.3 is 0 Å². The molecule has 15 heavy (non-hydrogen) atoms. The first-order valence-corrected chi connectivity index (χ1v) is 4.58. The summed E-state index contributed by atoms with van der Waals surface area (Å²) in [6.45, 7) is -0.143. The Bertz CT molecular complexity index is 344. The largest absolute Gasteiger partial charge is 0.497 e. The van der Waals surface area contributed by atoms with Gasteiger partial charge in [0.2, 0.25) is 0 Å². The van der Waals surface area contributed by atoms with Crippen LogP contribution < -0.4 is 4.74 Å². The highest BCUT2D eigenvalue weighted by Crippen LogP contribution is 2.13. The minimum Gasteiger partial charge on any atom is -0.497 e. The van der Waals surface area contributed by atoms with Gasteiger partial charge in [-0.1, -0.05) is 17.2 Å². The SMILES string of the molecule is COc1ccc(C[C@H](CO)N=[N+]=[N-])cc1. The van der Waals surface area contributed by atoms with Crippen LogP contribution in [0.4, 0.5) is 0 Å². The molecule has 1 atom stereocenters. The molecule has 80 valence electrons. The first-order valence-electron chi connectivity index (χ1n) is 4.58. The van der Waals surface area contributed by atoms with Crippen LogP contribution in [0.5, 0.6) is 5.75 Å². The molecule has 5 heteroatoms. The highest BCUT2D eigenvalue weighted by atomic mass is 16.5. The molecule has 1 N–H and O–H groups in total. The first-order chi connectivity index (χ1) is 7.30. The summed E-state index contributed by atoms with van der Waals surface area (Å²) in [6, 6.07) is 7.03. The van der Waals surface area contributed by atoms with Gasteiger partial charge in [0.1, 0.15) is 5.75 Å². The van der Waals surface area contributed by atoms with Gasteiger partial charge in [-0.2, -0.15) is 0 Å². The van der Waals surface area contributed by atoms with Gasteiger partial charge in [-0.05, 0) is 29.6 Å². The van der Waals surface area contributed by atoms with Crippen molar-refractivity contribution >= 4 is 0 Å². The third-order valence-electron chi connectivity index (χ3n) is 2.06. The van der Waals surface area contributed by atoms with Crippen LogP contribution in [0.15, 0.2) is 29.4 Å². The molecule has 0 saturated heterocycles. The topological polar surface area (TPSA) is 78.2 Å². The molecule has 0 aliphatic heterocycles. The monoisotopic (exact) mass is 207 g/mol. The molecule has 0 heterocycles. The van der Waals surface area contributed by atoms with Crippen molar-refractivity contribution in [2.75, 3.05) is 13.7 Å². The van der Waals surface area contributed by atoms with Crippen LogP contribution in [-0.2, 0) is 6.42 Å². The number of rotatable bonds is 5. The molecule has 0 spiro atoms. The molecule has 1 aromatic carbocycles. The van der Waals surface area contributed by atoms with E-state index in [2.05, 4.69) is 10.0 Å². The summed E-state index contributed by atoms with van der Waals surface area (Å²) in [7, 11) is 1.60. The average molecular weight is 207 g/mol. The average Bonchev–Trinajstić information content (AvgIpc) is 2.29. The fraction of sp³-hybridized carbons (Fsp3) is 0.400. The van der Waals surface area contributed by atoms with E-state index in [1.807, 2.05) is 24.3 Å². The highest BCUT2D eigenvalue weighted by molar-refractivity contribution is 5.27. The van der Waals surface area contributed by atoms with Gasteiger partial charge in [0.15, 0.2) is 0 Å². The molecular formula is C10H13N3O2. The van der Waals surface area contributed by atoms with E-state index in [9.17, 15) is 0 Å². The molecule has 0 bridgehead atoms. The molecule has 0 amide bonds. The van der Waals surface area contributed by atoms with Crippen LogP contribution >= 0.6 is 0 Å². The van der Waals surface area contributed by atoms with E-state index in [1.54, 1.807) is 7.11 Å². The maximum absolute atomic E-state index is 8.93. The molecule has 0 aromatic heterocycles. The van der Waals surface area contributed by atoms with Crippen LogP contribution in [0, 0.1) is 0 Å². The number of methoxy groups -OCH3 is 1. The molecule has 0 aliphatic rings. The summed E-state index contributed by atoms with van der Waals surface area (Å²) >= 11 is 0. The quantitative estimate of drug-likeness (QED) is 0.454. The lowest BCUT2D eigenvalue weighted by atomic mass is 10.1. The molecule has 0 fully saturated rings. The molecule has 5 nitrogen and oxygen atoms in total. The highest BCUT2D eigenvalue weighted by Gasteiger charge is 2.05. The molecule has 0 saturated carbocycles. The number of benzene rings is 1. The van der Waals surface area contributed by atoms with E-state index in [4.69, 9.17) is 15.4 Å². The van der Waals surface area contributed by atoms with Crippen LogP contribution in [0.3, 0.4) is 0 Å². The first kappa shape index (κ1) is 11.4. The third kappa shape index (κ3) is 3.50. The zero-order valence-corrected chi connectivity index (χ0v) is 8.50. The van der Waals surface area contributed by atoms with E-state index in [1.165, 1.54) is 0 Å². The number of aliphatic hydroxyl groups is 1. The molecule has 1 rings (SSSR count). The number of nitrogens with zero attached hydrogens (tertiary/aromatic N) is 3. The Morgan fingerprint density at radius 2 is 2.13 bits per heavy atom. The van der Waals surface area contributed by atoms with Crippen molar-refractivity contribution in [1.29, 1.82) is 0 Å². The Kier molecular flexibility index (Phi) is 4.47. The van der Waals surface area contributed by atoms with Gasteiger partial charge in [-0.25, -0.2) is 0 Å². The lowest BCUT2D eigenvalue weighted by molar-refractivity contribution is 0.265. The van der Waals surface area contributed by atoms with Gasteiger partial charge in [-0.15, -0.1) is 0 Å². The molecule has 0 aliphatic carbocycles. The summed E-state index contributed by atoms with van der Waals surface area (Å²) in [5.74, 6) is 0.781. The number of azide groups is 1. The molecule has 0 unspecified atom stereocenters. The zero-order valence-electron chi connectivity index (χ0n) is 8.50. The Labute approximate surface area is 87.9 Å². The van der Waals surface area contributed by atoms with E-state index >= 15 is 0 Å². The second-order valence-corrected chi connectivity index (χ2v) is 3.09. The van der Waals surface area contributed by atoms with Crippen LogP contribution in [0.2, 0.25) is 0 Å². The fourth-order valence-corrected chi connectivity index (χ4v) is 1.25. The van der Waals surface area contributed by atoms with Crippen molar-refractivity contribution in [3.63, 3.8) is 0 Å². The van der Waals surface area contributed by atoms with Gasteiger partial charge < -0.3 is 9.84 Å². The minimum absolute atomic E-state index is 0.143. The summed E-state index contributed by atoms with van der Waals surface area (Å²) < 4.78 is 5.02. The van der Waals surface area contributed by atoms with Gasteiger partial charge in [0.25, 0.3) is 0 Å². The van der Waals surface area contributed by atoms with E-state index in [0.717, 1.165) is 11.3 Å². The second-order valence-electron chi connectivity index (χ2n) is 3.09. The Morgan fingerprint density at radius 1 is 1.47 bits per heavy atom. The minimum atomic E-state index is -0.400. The second kappa shape index (κ2) is 5.90. The lowest BCUT2D eigenvalue weighted by Gasteiger charge is -2.07. The standard InChI is InChI=1S/C10H13N3O2/c1-15-10-4-2-8(3-5-10)6-9(7-14)12-13-11/h2-5,9,14H,6-7H2,1H3/t9-/m1/s1. The number of hydrogen-bond donors (Lipinski definition) is 1. The van der Waals surface area contributed by atoms with Crippen molar-refractivity contribution in [3.05, 3.63) is 40.3 Å². The summed E-state index contributed by atoms with van der Waals surface area (Å²) in [5.41, 5.74) is 9.26. The van der Waals surface area contributed by atoms with Crippen molar-refractivity contribution in [1.82, 2.24) is 0 Å². The Hall–Kier alpha value is -1.71. The lowest BCUT2D eigenvalue weighted by Crippen LogP contribution is -2.12. The van der Waals surface area contributed by atoms with Crippen molar-refractivity contribution in [2.45, 2.75) is 12.5 Å². The van der Waals surface area contributed by atoms with Gasteiger partial charge in [0, 0.05) is 4.91 Å². The van der Waals surface area contributed by atoms with Crippen LogP contribution in [-0.4, -0.2) is 24.9 Å². The van der Waals surface area contributed by atoms with Gasteiger partial charge in [0.05, 0.1) is 19.8 Å². The summed E-state index contributed by atoms with van der Waals surface area (Å²) in [6.07, 6.45) is 0.532. The van der Waals surface area contributed by atoms with Crippen LogP contribution in [0.25, 0.3) is 10.4 Å². The fourth-order valence-electron chi connectivity index (χ4n) is 1.25. The van der Waals surface area contributed by atoms with Crippen molar-refractivity contribution in [2.24, 2.45) is 5.11 Å². The van der Waals surface area contributed by atoms with Crippen molar-refractivity contribution in [3.8, 4) is 5.75 Å². The normalized spacial score (nSPS) is 11.6. The number of aliphatic hydroxyl groups excluding tert-OH is 1. The molecule has 1 aromatic rings. The van der Waals surface area contributed by atoms with E-state index in [0.29, 0.717) is 6.42 Å². The Morgan fingerprint density at radius 3 is 2.60 bits per heavy atom. The van der Waals surface area contributed by atoms with E-state index < -0.39 is 6.04 Å².